The molecule has 0 fully saturated rings. The molecule has 0 bridgehead atoms. The van der Waals surface area contributed by atoms with Crippen LogP contribution in [0.4, 0.5) is 0 Å². The summed E-state index contributed by atoms with van der Waals surface area (Å²) in [6.45, 7) is 4.74. The van der Waals surface area contributed by atoms with Crippen LogP contribution in [0.5, 0.6) is 0 Å². The zero-order valence-electron chi connectivity index (χ0n) is 29.3. The van der Waals surface area contributed by atoms with Crippen molar-refractivity contribution in [1.82, 2.24) is 9.55 Å². The van der Waals surface area contributed by atoms with Crippen LogP contribution in [0.15, 0.2) is 169 Å². The molecule has 0 saturated heterocycles. The zero-order chi connectivity index (χ0) is 34.8. The van der Waals surface area contributed by atoms with E-state index in [1.807, 2.05) is 18.5 Å². The molecule has 3 nitrogen and oxygen atoms in total. The van der Waals surface area contributed by atoms with Gasteiger partial charge in [0.25, 0.3) is 0 Å². The quantitative estimate of drug-likeness (QED) is 0.180. The number of benzene rings is 6. The molecule has 0 N–H and O–H groups in total. The zero-order valence-corrected chi connectivity index (χ0v) is 29.3. The van der Waals surface area contributed by atoms with E-state index < -0.39 is 0 Å². The SMILES string of the molecule is CC1(C)c2cc(-c3ccc(-n4c5ccccc5c5ccccc54)cc3)ccc2-c2ccc(-c3cc(C4=NC=CCC4)cc(-c4ccccn4)c3)cc21. The summed E-state index contributed by atoms with van der Waals surface area (Å²) in [5, 5.41) is 2.56. The lowest BCUT2D eigenvalue weighted by Crippen LogP contribution is -2.15. The number of hydrogen-bond acceptors (Lipinski definition) is 2. The molecule has 0 spiro atoms. The van der Waals surface area contributed by atoms with E-state index in [0.717, 1.165) is 29.8 Å². The minimum absolute atomic E-state index is 0.153. The van der Waals surface area contributed by atoms with Gasteiger partial charge < -0.3 is 4.57 Å². The topological polar surface area (TPSA) is 30.2 Å². The number of fused-ring (bicyclic) bond motifs is 6. The molecule has 2 aromatic heterocycles. The van der Waals surface area contributed by atoms with Gasteiger partial charge >= 0.3 is 0 Å². The van der Waals surface area contributed by atoms with Gasteiger partial charge in [-0.05, 0) is 130 Å². The van der Waals surface area contributed by atoms with E-state index in [2.05, 4.69) is 164 Å². The van der Waals surface area contributed by atoms with E-state index in [-0.39, 0.29) is 5.41 Å². The summed E-state index contributed by atoms with van der Waals surface area (Å²) < 4.78 is 2.38. The van der Waals surface area contributed by atoms with Crippen molar-refractivity contribution in [2.24, 2.45) is 4.99 Å². The Balaban J connectivity index is 1.01. The molecule has 0 unspecified atom stereocenters. The Labute approximate surface area is 304 Å². The van der Waals surface area contributed by atoms with Gasteiger partial charge in [-0.2, -0.15) is 0 Å². The second-order valence-electron chi connectivity index (χ2n) is 14.6. The Bertz CT molecular complexity index is 2690. The van der Waals surface area contributed by atoms with Gasteiger partial charge in [-0.15, -0.1) is 0 Å². The molecular formula is C49H37N3. The van der Waals surface area contributed by atoms with Crippen LogP contribution in [0.3, 0.4) is 0 Å². The highest BCUT2D eigenvalue weighted by atomic mass is 15.0. The highest BCUT2D eigenvalue weighted by molar-refractivity contribution is 6.09. The third-order valence-electron chi connectivity index (χ3n) is 11.2. The second kappa shape index (κ2) is 11.9. The van der Waals surface area contributed by atoms with Crippen LogP contribution in [0.25, 0.3) is 72.1 Å². The minimum atomic E-state index is -0.153. The monoisotopic (exact) mass is 667 g/mol. The third-order valence-corrected chi connectivity index (χ3v) is 11.2. The van der Waals surface area contributed by atoms with E-state index in [0.29, 0.717) is 0 Å². The highest BCUT2D eigenvalue weighted by Gasteiger charge is 2.36. The van der Waals surface area contributed by atoms with Crippen molar-refractivity contribution in [3.63, 3.8) is 0 Å². The molecule has 0 atom stereocenters. The fourth-order valence-corrected chi connectivity index (χ4v) is 8.46. The van der Waals surface area contributed by atoms with E-state index >= 15 is 0 Å². The number of aliphatic imine (C=N–C) groups is 1. The van der Waals surface area contributed by atoms with Crippen LogP contribution in [-0.2, 0) is 5.41 Å². The summed E-state index contributed by atoms with van der Waals surface area (Å²) in [6.07, 6.45) is 7.91. The van der Waals surface area contributed by atoms with Crippen LogP contribution in [0, 0.1) is 0 Å². The second-order valence-corrected chi connectivity index (χ2v) is 14.6. The largest absolute Gasteiger partial charge is 0.309 e. The average molecular weight is 668 g/mol. The lowest BCUT2D eigenvalue weighted by atomic mass is 9.80. The van der Waals surface area contributed by atoms with Gasteiger partial charge in [-0.25, -0.2) is 0 Å². The van der Waals surface area contributed by atoms with Gasteiger partial charge in [0.05, 0.1) is 16.7 Å². The van der Waals surface area contributed by atoms with Gasteiger partial charge in [0.15, 0.2) is 0 Å². The number of allylic oxidation sites excluding steroid dienone is 1. The molecule has 0 radical (unpaired) electrons. The van der Waals surface area contributed by atoms with Crippen molar-refractivity contribution in [3.8, 4) is 50.3 Å². The van der Waals surface area contributed by atoms with Crippen LogP contribution >= 0.6 is 0 Å². The molecule has 10 rings (SSSR count). The lowest BCUT2D eigenvalue weighted by molar-refractivity contribution is 0.661. The number of rotatable bonds is 5. The number of hydrogen-bond donors (Lipinski definition) is 0. The number of pyridine rings is 1. The first kappa shape index (κ1) is 30.5. The van der Waals surface area contributed by atoms with Crippen molar-refractivity contribution < 1.29 is 0 Å². The first-order valence-electron chi connectivity index (χ1n) is 18.2. The van der Waals surface area contributed by atoms with Gasteiger partial charge in [-0.1, -0.05) is 98.8 Å². The Morgan fingerprint density at radius 1 is 0.538 bits per heavy atom. The molecule has 248 valence electrons. The van der Waals surface area contributed by atoms with Gasteiger partial charge in [0.2, 0.25) is 0 Å². The van der Waals surface area contributed by atoms with E-state index in [1.165, 1.54) is 77.6 Å². The molecule has 2 aliphatic rings. The molecule has 0 amide bonds. The van der Waals surface area contributed by atoms with Gasteiger partial charge in [0, 0.05) is 45.5 Å². The molecular weight excluding hydrogens is 631 g/mol. The number of nitrogens with zero attached hydrogens (tertiary/aromatic N) is 3. The summed E-state index contributed by atoms with van der Waals surface area (Å²) in [7, 11) is 0. The van der Waals surface area contributed by atoms with E-state index in [4.69, 9.17) is 9.98 Å². The van der Waals surface area contributed by atoms with Crippen molar-refractivity contribution >= 4 is 27.5 Å². The Kier molecular flexibility index (Phi) is 6.97. The van der Waals surface area contributed by atoms with Gasteiger partial charge in [0.1, 0.15) is 0 Å². The van der Waals surface area contributed by atoms with E-state index in [9.17, 15) is 0 Å². The van der Waals surface area contributed by atoms with Crippen LogP contribution in [-0.4, -0.2) is 15.3 Å². The van der Waals surface area contributed by atoms with Gasteiger partial charge in [-0.3, -0.25) is 9.98 Å². The summed E-state index contributed by atoms with van der Waals surface area (Å²) >= 11 is 0. The first-order valence-corrected chi connectivity index (χ1v) is 18.2. The molecule has 52 heavy (non-hydrogen) atoms. The summed E-state index contributed by atoms with van der Waals surface area (Å²) in [5.41, 5.74) is 18.1. The third kappa shape index (κ3) is 4.88. The highest BCUT2D eigenvalue weighted by Crippen LogP contribution is 2.51. The molecule has 1 aliphatic heterocycles. The molecule has 0 saturated carbocycles. The standard InChI is InChI=1S/C49H37N3/c1-49(2)43-30-33(32-17-21-38(22-18-32)52-47-15-5-3-11-41(47)42-12-4-6-16-48(42)52)19-23-39(43)40-24-20-34(31-44(40)49)35-27-36(45-13-7-9-25-50-45)29-37(28-35)46-14-8-10-26-51-46/h3-7,9-13,15-31H,8,14H2,1-2H3. The van der Waals surface area contributed by atoms with Crippen LogP contribution < -0.4 is 0 Å². The normalized spacial score (nSPS) is 14.4. The minimum Gasteiger partial charge on any atom is -0.309 e. The van der Waals surface area contributed by atoms with Crippen molar-refractivity contribution in [1.29, 1.82) is 0 Å². The summed E-state index contributed by atoms with van der Waals surface area (Å²) in [5.74, 6) is 0. The molecule has 3 heterocycles. The maximum Gasteiger partial charge on any atom is 0.0702 e. The molecule has 1 aliphatic carbocycles. The Hall–Kier alpha value is -6.32. The first-order chi connectivity index (χ1) is 25.5. The molecule has 6 aromatic carbocycles. The Morgan fingerprint density at radius 3 is 1.77 bits per heavy atom. The predicted octanol–water partition coefficient (Wildman–Crippen LogP) is 12.6. The average Bonchev–Trinajstić information content (AvgIpc) is 3.66. The fraction of sp³-hybridized carbons (Fsp3) is 0.102. The van der Waals surface area contributed by atoms with Crippen LogP contribution in [0.2, 0.25) is 0 Å². The molecule has 8 aromatic rings. The van der Waals surface area contributed by atoms with Crippen molar-refractivity contribution in [2.45, 2.75) is 32.1 Å². The smallest absolute Gasteiger partial charge is 0.0702 e. The maximum absolute atomic E-state index is 4.77. The Morgan fingerprint density at radius 2 is 1.13 bits per heavy atom. The number of aromatic nitrogens is 2. The predicted molar refractivity (Wildman–Crippen MR) is 217 cm³/mol. The van der Waals surface area contributed by atoms with E-state index in [1.54, 1.807) is 0 Å². The number of para-hydroxylation sites is 2. The fourth-order valence-electron chi connectivity index (χ4n) is 8.46. The van der Waals surface area contributed by atoms with Crippen molar-refractivity contribution in [2.75, 3.05) is 0 Å². The summed E-state index contributed by atoms with van der Waals surface area (Å²) in [4.78, 5) is 9.46. The van der Waals surface area contributed by atoms with Crippen LogP contribution in [0.1, 0.15) is 43.4 Å². The molecule has 3 heteroatoms. The lowest BCUT2D eigenvalue weighted by Gasteiger charge is -2.23. The summed E-state index contributed by atoms with van der Waals surface area (Å²) in [6, 6.07) is 53.4. The van der Waals surface area contributed by atoms with Crippen molar-refractivity contribution in [3.05, 3.63) is 181 Å². The maximum atomic E-state index is 4.77.